The SMILES string of the molecule is CCOc1ccccc1CN1C(=O)c2nc3ccccc3n2C[C@@]1(C)C(=O)NC1CCCCC1. The minimum absolute atomic E-state index is 0.106. The zero-order valence-electron chi connectivity index (χ0n) is 19.9. The molecule has 2 amide bonds. The van der Waals surface area contributed by atoms with E-state index in [0.717, 1.165) is 48.0 Å². The minimum Gasteiger partial charge on any atom is -0.494 e. The van der Waals surface area contributed by atoms with Crippen molar-refractivity contribution in [3.05, 3.63) is 59.9 Å². The number of benzene rings is 2. The largest absolute Gasteiger partial charge is 0.494 e. The van der Waals surface area contributed by atoms with Gasteiger partial charge in [0.25, 0.3) is 5.91 Å². The molecule has 1 fully saturated rings. The van der Waals surface area contributed by atoms with Crippen molar-refractivity contribution < 1.29 is 14.3 Å². The molecule has 2 aromatic carbocycles. The molecule has 34 heavy (non-hydrogen) atoms. The van der Waals surface area contributed by atoms with Gasteiger partial charge in [-0.05, 0) is 44.9 Å². The van der Waals surface area contributed by atoms with Gasteiger partial charge in [-0.1, -0.05) is 49.6 Å². The predicted octanol–water partition coefficient (Wildman–Crippen LogP) is 4.30. The quantitative estimate of drug-likeness (QED) is 0.595. The Hall–Kier alpha value is -3.35. The predicted molar refractivity (Wildman–Crippen MR) is 131 cm³/mol. The standard InChI is InChI=1S/C27H32N4O3/c1-3-34-23-16-10-7-11-19(23)17-31-25(32)24-29-21-14-8-9-15-22(21)30(24)18-27(31,2)26(33)28-20-12-5-4-6-13-20/h7-11,14-16,20H,3-6,12-13,17-18H2,1-2H3,(H,28,33)/t27-/m0/s1. The Morgan fingerprint density at radius 2 is 1.85 bits per heavy atom. The Balaban J connectivity index is 1.55. The van der Waals surface area contributed by atoms with Gasteiger partial charge in [-0.15, -0.1) is 0 Å². The number of imidazole rings is 1. The average Bonchev–Trinajstić information content (AvgIpc) is 3.22. The summed E-state index contributed by atoms with van der Waals surface area (Å²) in [6.07, 6.45) is 5.45. The highest BCUT2D eigenvalue weighted by Gasteiger charge is 2.49. The number of carbonyl (C=O) groups is 2. The molecule has 2 aliphatic rings. The van der Waals surface area contributed by atoms with E-state index in [9.17, 15) is 9.59 Å². The van der Waals surface area contributed by atoms with Gasteiger partial charge in [0, 0.05) is 11.6 Å². The molecule has 0 spiro atoms. The Labute approximate surface area is 200 Å². The molecule has 178 valence electrons. The zero-order valence-corrected chi connectivity index (χ0v) is 19.9. The maximum absolute atomic E-state index is 13.9. The second-order valence-corrected chi connectivity index (χ2v) is 9.52. The first-order valence-corrected chi connectivity index (χ1v) is 12.3. The first kappa shape index (κ1) is 22.4. The Kier molecular flexibility index (Phi) is 6.02. The number of rotatable bonds is 6. The van der Waals surface area contributed by atoms with E-state index in [1.807, 2.05) is 66.9 Å². The average molecular weight is 461 g/mol. The number of nitrogens with one attached hydrogen (secondary N) is 1. The lowest BCUT2D eigenvalue weighted by molar-refractivity contribution is -0.134. The van der Waals surface area contributed by atoms with Crippen molar-refractivity contribution in [3.8, 4) is 5.75 Å². The van der Waals surface area contributed by atoms with Crippen LogP contribution >= 0.6 is 0 Å². The second-order valence-electron chi connectivity index (χ2n) is 9.52. The highest BCUT2D eigenvalue weighted by atomic mass is 16.5. The summed E-state index contributed by atoms with van der Waals surface area (Å²) in [7, 11) is 0. The first-order chi connectivity index (χ1) is 16.5. The molecule has 1 aliphatic carbocycles. The molecule has 1 atom stereocenters. The van der Waals surface area contributed by atoms with Crippen LogP contribution in [-0.2, 0) is 17.9 Å². The number of aromatic nitrogens is 2. The number of para-hydroxylation sites is 3. The van der Waals surface area contributed by atoms with Gasteiger partial charge in [0.2, 0.25) is 5.91 Å². The Morgan fingerprint density at radius 3 is 2.65 bits per heavy atom. The van der Waals surface area contributed by atoms with Crippen LogP contribution in [0.25, 0.3) is 11.0 Å². The molecule has 1 N–H and O–H groups in total. The molecule has 1 saturated carbocycles. The Morgan fingerprint density at radius 1 is 1.12 bits per heavy atom. The molecule has 1 aromatic heterocycles. The van der Waals surface area contributed by atoms with Gasteiger partial charge in [-0.25, -0.2) is 4.98 Å². The molecule has 0 saturated heterocycles. The third-order valence-corrected chi connectivity index (χ3v) is 7.18. The highest BCUT2D eigenvalue weighted by molar-refractivity contribution is 6.01. The summed E-state index contributed by atoms with van der Waals surface area (Å²) in [6.45, 7) is 4.97. The number of hydrogen-bond acceptors (Lipinski definition) is 4. The molecule has 0 unspecified atom stereocenters. The van der Waals surface area contributed by atoms with E-state index in [4.69, 9.17) is 4.74 Å². The fraction of sp³-hybridized carbons (Fsp3) is 0.444. The van der Waals surface area contributed by atoms with Crippen molar-refractivity contribution >= 4 is 22.8 Å². The minimum atomic E-state index is -1.07. The summed E-state index contributed by atoms with van der Waals surface area (Å²) in [5, 5.41) is 3.28. The van der Waals surface area contributed by atoms with Crippen molar-refractivity contribution in [2.75, 3.05) is 6.61 Å². The second kappa shape index (κ2) is 9.12. The van der Waals surface area contributed by atoms with Gasteiger partial charge in [-0.3, -0.25) is 9.59 Å². The van der Waals surface area contributed by atoms with Crippen LogP contribution in [0.3, 0.4) is 0 Å². The van der Waals surface area contributed by atoms with Crippen molar-refractivity contribution in [1.82, 2.24) is 19.8 Å². The maximum Gasteiger partial charge on any atom is 0.291 e. The number of fused-ring (bicyclic) bond motifs is 3. The van der Waals surface area contributed by atoms with Gasteiger partial charge >= 0.3 is 0 Å². The van der Waals surface area contributed by atoms with Crippen LogP contribution in [0, 0.1) is 0 Å². The summed E-state index contributed by atoms with van der Waals surface area (Å²) < 4.78 is 7.73. The third-order valence-electron chi connectivity index (χ3n) is 7.18. The van der Waals surface area contributed by atoms with Crippen LogP contribution in [0.5, 0.6) is 5.75 Å². The summed E-state index contributed by atoms with van der Waals surface area (Å²) in [5.74, 6) is 0.755. The van der Waals surface area contributed by atoms with E-state index in [1.165, 1.54) is 6.42 Å². The molecular formula is C27H32N4O3. The van der Waals surface area contributed by atoms with Crippen LogP contribution in [0.15, 0.2) is 48.5 Å². The van der Waals surface area contributed by atoms with Crippen molar-refractivity contribution in [3.63, 3.8) is 0 Å². The lowest BCUT2D eigenvalue weighted by Crippen LogP contribution is -2.64. The molecule has 1 aliphatic heterocycles. The fourth-order valence-corrected chi connectivity index (χ4v) is 5.27. The number of hydrogen-bond donors (Lipinski definition) is 1. The summed E-state index contributed by atoms with van der Waals surface area (Å²) >= 11 is 0. The molecule has 0 bridgehead atoms. The maximum atomic E-state index is 13.9. The lowest BCUT2D eigenvalue weighted by Gasteiger charge is -2.44. The van der Waals surface area contributed by atoms with Crippen molar-refractivity contribution in [2.24, 2.45) is 0 Å². The van der Waals surface area contributed by atoms with Crippen LogP contribution < -0.4 is 10.1 Å². The monoisotopic (exact) mass is 460 g/mol. The van der Waals surface area contributed by atoms with Gasteiger partial charge in [-0.2, -0.15) is 0 Å². The van der Waals surface area contributed by atoms with Crippen molar-refractivity contribution in [1.29, 1.82) is 0 Å². The fourth-order valence-electron chi connectivity index (χ4n) is 5.27. The van der Waals surface area contributed by atoms with E-state index in [-0.39, 0.29) is 24.4 Å². The van der Waals surface area contributed by atoms with Crippen LogP contribution in [0.4, 0.5) is 0 Å². The lowest BCUT2D eigenvalue weighted by atomic mass is 9.91. The van der Waals surface area contributed by atoms with Gasteiger partial charge < -0.3 is 19.5 Å². The van der Waals surface area contributed by atoms with E-state index in [1.54, 1.807) is 4.90 Å². The van der Waals surface area contributed by atoms with Gasteiger partial charge in [0.05, 0.1) is 30.7 Å². The van der Waals surface area contributed by atoms with Crippen LogP contribution in [-0.4, -0.2) is 44.5 Å². The van der Waals surface area contributed by atoms with Gasteiger partial charge in [0.1, 0.15) is 11.3 Å². The first-order valence-electron chi connectivity index (χ1n) is 12.3. The third kappa shape index (κ3) is 3.93. The molecule has 0 radical (unpaired) electrons. The van der Waals surface area contributed by atoms with E-state index in [0.29, 0.717) is 19.0 Å². The number of carbonyl (C=O) groups excluding carboxylic acids is 2. The number of nitrogens with zero attached hydrogens (tertiary/aromatic N) is 3. The van der Waals surface area contributed by atoms with E-state index >= 15 is 0 Å². The summed E-state index contributed by atoms with van der Waals surface area (Å²) in [5.41, 5.74) is 1.44. The molecule has 2 heterocycles. The summed E-state index contributed by atoms with van der Waals surface area (Å²) in [6, 6.07) is 15.6. The van der Waals surface area contributed by atoms with Crippen LogP contribution in [0.1, 0.15) is 62.1 Å². The normalized spacial score (nSPS) is 20.9. The van der Waals surface area contributed by atoms with Crippen molar-refractivity contribution in [2.45, 2.75) is 70.6 Å². The Bertz CT molecular complexity index is 1210. The molecule has 7 nitrogen and oxygen atoms in total. The smallest absolute Gasteiger partial charge is 0.291 e. The topological polar surface area (TPSA) is 76.5 Å². The molecule has 5 rings (SSSR count). The van der Waals surface area contributed by atoms with E-state index in [2.05, 4.69) is 10.3 Å². The molecule has 3 aromatic rings. The number of ether oxygens (including phenoxy) is 1. The molecular weight excluding hydrogens is 428 g/mol. The highest BCUT2D eigenvalue weighted by Crippen LogP contribution is 2.34. The van der Waals surface area contributed by atoms with E-state index < -0.39 is 5.54 Å². The summed E-state index contributed by atoms with van der Waals surface area (Å²) in [4.78, 5) is 34.1. The van der Waals surface area contributed by atoms with Crippen LogP contribution in [0.2, 0.25) is 0 Å². The molecule has 7 heteroatoms. The zero-order chi connectivity index (χ0) is 23.7. The number of amides is 2. The van der Waals surface area contributed by atoms with Gasteiger partial charge in [0.15, 0.2) is 5.82 Å².